The van der Waals surface area contributed by atoms with Crippen molar-refractivity contribution in [2.45, 2.75) is 56.4 Å². The molecule has 0 bridgehead atoms. The van der Waals surface area contributed by atoms with Gasteiger partial charge in [0.25, 0.3) is 0 Å². The van der Waals surface area contributed by atoms with Crippen LogP contribution in [0.4, 0.5) is 0 Å². The van der Waals surface area contributed by atoms with Crippen molar-refractivity contribution in [3.63, 3.8) is 0 Å². The van der Waals surface area contributed by atoms with Crippen LogP contribution in [-0.4, -0.2) is 87.8 Å². The third-order valence-corrected chi connectivity index (χ3v) is 5.08. The van der Waals surface area contributed by atoms with Crippen molar-refractivity contribution < 1.29 is 49.3 Å². The minimum atomic E-state index is -1.59. The van der Waals surface area contributed by atoms with Gasteiger partial charge in [-0.3, -0.25) is 0 Å². The summed E-state index contributed by atoms with van der Waals surface area (Å²) in [6.45, 7) is 1.14. The van der Waals surface area contributed by atoms with E-state index >= 15 is 0 Å². The van der Waals surface area contributed by atoms with Crippen molar-refractivity contribution in [3.8, 4) is 0 Å². The van der Waals surface area contributed by atoms with E-state index in [-0.39, 0.29) is 12.5 Å². The van der Waals surface area contributed by atoms with E-state index in [2.05, 4.69) is 0 Å². The molecule has 0 unspecified atom stereocenters. The van der Waals surface area contributed by atoms with Gasteiger partial charge in [-0.05, 0) is 13.3 Å². The number of hydrogen-bond donors (Lipinski definition) is 5. The zero-order chi connectivity index (χ0) is 19.0. The summed E-state index contributed by atoms with van der Waals surface area (Å²) in [6.07, 6.45) is -7.51. The lowest BCUT2D eigenvalue weighted by molar-refractivity contribution is -0.345. The molecule has 26 heavy (non-hydrogen) atoms. The lowest BCUT2D eigenvalue weighted by Crippen LogP contribution is -2.60. The van der Waals surface area contributed by atoms with Gasteiger partial charge >= 0.3 is 5.97 Å². The monoisotopic (exact) mass is 376 g/mol. The third kappa shape index (κ3) is 3.46. The van der Waals surface area contributed by atoms with E-state index in [4.69, 9.17) is 18.9 Å². The smallest absolute Gasteiger partial charge is 0.337 e. The summed E-state index contributed by atoms with van der Waals surface area (Å²) in [4.78, 5) is 11.9. The van der Waals surface area contributed by atoms with E-state index in [0.29, 0.717) is 12.0 Å². The van der Waals surface area contributed by atoms with Crippen LogP contribution >= 0.6 is 0 Å². The van der Waals surface area contributed by atoms with Crippen LogP contribution in [0.2, 0.25) is 0 Å². The second-order valence-corrected chi connectivity index (χ2v) is 6.76. The first-order chi connectivity index (χ1) is 12.3. The number of aliphatic hydroxyl groups excluding tert-OH is 5. The molecule has 0 spiro atoms. The molecule has 0 saturated carbocycles. The Bertz CT molecular complexity index is 547. The van der Waals surface area contributed by atoms with E-state index in [9.17, 15) is 30.3 Å². The molecule has 0 amide bonds. The zero-order valence-corrected chi connectivity index (χ0v) is 14.2. The molecule has 2 fully saturated rings. The molecule has 3 aliphatic rings. The Balaban J connectivity index is 1.78. The topological polar surface area (TPSA) is 155 Å². The van der Waals surface area contributed by atoms with Crippen LogP contribution in [0, 0.1) is 11.8 Å². The van der Waals surface area contributed by atoms with Gasteiger partial charge in [0.1, 0.15) is 24.4 Å². The molecule has 0 aromatic heterocycles. The van der Waals surface area contributed by atoms with Crippen molar-refractivity contribution in [3.05, 3.63) is 11.8 Å². The molecule has 9 atom stereocenters. The van der Waals surface area contributed by atoms with Crippen LogP contribution in [0.15, 0.2) is 11.8 Å². The van der Waals surface area contributed by atoms with Gasteiger partial charge in [-0.15, -0.1) is 0 Å². The summed E-state index contributed by atoms with van der Waals surface area (Å²) in [7, 11) is 0. The standard InChI is InChI=1S/C16H24O10/c1-6(18)10-7-2-3-23-14(22)8(7)5-24-15(10)26-16-13(21)12(20)11(19)9(4-17)25-16/h5-7,9-13,15-21H,2-4H2,1H3/t6-,7-,9-,10-,11-,12+,13-,15-,16+/m1/s1. The number of esters is 1. The van der Waals surface area contributed by atoms with Gasteiger partial charge in [0.05, 0.1) is 37.1 Å². The molecule has 3 rings (SSSR count). The number of cyclic esters (lactones) is 1. The van der Waals surface area contributed by atoms with E-state index in [1.807, 2.05) is 0 Å². The van der Waals surface area contributed by atoms with Crippen LogP contribution in [0.25, 0.3) is 0 Å². The molecule has 5 N–H and O–H groups in total. The fourth-order valence-corrected chi connectivity index (χ4v) is 3.62. The Labute approximate surface area is 149 Å². The molecule has 0 aliphatic carbocycles. The van der Waals surface area contributed by atoms with Gasteiger partial charge in [-0.1, -0.05) is 0 Å². The number of hydrogen-bond acceptors (Lipinski definition) is 10. The lowest BCUT2D eigenvalue weighted by atomic mass is 9.78. The number of rotatable bonds is 4. The van der Waals surface area contributed by atoms with Crippen LogP contribution in [0.5, 0.6) is 0 Å². The highest BCUT2D eigenvalue weighted by Crippen LogP contribution is 2.39. The lowest BCUT2D eigenvalue weighted by Gasteiger charge is -2.44. The number of carbonyl (C=O) groups excluding carboxylic acids is 1. The molecule has 3 heterocycles. The first-order valence-corrected chi connectivity index (χ1v) is 8.51. The van der Waals surface area contributed by atoms with Gasteiger partial charge in [0, 0.05) is 5.92 Å². The first-order valence-electron chi connectivity index (χ1n) is 8.51. The highest BCUT2D eigenvalue weighted by atomic mass is 16.8. The van der Waals surface area contributed by atoms with Gasteiger partial charge < -0.3 is 44.5 Å². The summed E-state index contributed by atoms with van der Waals surface area (Å²) in [6, 6.07) is 0. The summed E-state index contributed by atoms with van der Waals surface area (Å²) in [5.41, 5.74) is 0.302. The van der Waals surface area contributed by atoms with Gasteiger partial charge in [-0.25, -0.2) is 4.79 Å². The number of fused-ring (bicyclic) bond motifs is 1. The van der Waals surface area contributed by atoms with E-state index < -0.39 is 61.6 Å². The predicted molar refractivity (Wildman–Crippen MR) is 82.0 cm³/mol. The molecular weight excluding hydrogens is 352 g/mol. The van der Waals surface area contributed by atoms with E-state index in [1.165, 1.54) is 13.2 Å². The SMILES string of the molecule is C[C@@H](O)[C@H]1[C@@H](O[C@@H]2O[C@H](CO)[C@@H](O)[C@H](O)[C@H]2O)OC=C2C(=O)OCC[C@H]21. The van der Waals surface area contributed by atoms with Crippen LogP contribution < -0.4 is 0 Å². The molecule has 2 saturated heterocycles. The van der Waals surface area contributed by atoms with Gasteiger partial charge in [0.15, 0.2) is 6.29 Å². The maximum absolute atomic E-state index is 11.9. The molecule has 0 aromatic carbocycles. The molecule has 3 aliphatic heterocycles. The Morgan fingerprint density at radius 3 is 2.62 bits per heavy atom. The zero-order valence-electron chi connectivity index (χ0n) is 14.2. The average molecular weight is 376 g/mol. The highest BCUT2D eigenvalue weighted by molar-refractivity contribution is 5.89. The van der Waals surface area contributed by atoms with Crippen molar-refractivity contribution >= 4 is 5.97 Å². The molecule has 10 nitrogen and oxygen atoms in total. The van der Waals surface area contributed by atoms with Crippen molar-refractivity contribution in [1.29, 1.82) is 0 Å². The van der Waals surface area contributed by atoms with Crippen molar-refractivity contribution in [2.75, 3.05) is 13.2 Å². The predicted octanol–water partition coefficient (Wildman–Crippen LogP) is -2.40. The maximum atomic E-state index is 11.9. The van der Waals surface area contributed by atoms with Crippen LogP contribution in [0.1, 0.15) is 13.3 Å². The maximum Gasteiger partial charge on any atom is 0.337 e. The van der Waals surface area contributed by atoms with Crippen molar-refractivity contribution in [2.24, 2.45) is 11.8 Å². The molecule has 0 radical (unpaired) electrons. The van der Waals surface area contributed by atoms with Crippen LogP contribution in [-0.2, 0) is 23.7 Å². The highest BCUT2D eigenvalue weighted by Gasteiger charge is 2.49. The fraction of sp³-hybridized carbons (Fsp3) is 0.812. The summed E-state index contributed by atoms with van der Waals surface area (Å²) in [5, 5.41) is 49.2. The Morgan fingerprint density at radius 1 is 1.23 bits per heavy atom. The normalized spacial score (nSPS) is 44.4. The summed E-state index contributed by atoms with van der Waals surface area (Å²) in [5.74, 6) is -1.52. The molecular formula is C16H24O10. The molecule has 10 heteroatoms. The second kappa shape index (κ2) is 7.77. The Morgan fingerprint density at radius 2 is 1.96 bits per heavy atom. The minimum Gasteiger partial charge on any atom is -0.471 e. The fourth-order valence-electron chi connectivity index (χ4n) is 3.62. The second-order valence-electron chi connectivity index (χ2n) is 6.76. The Hall–Kier alpha value is -1.27. The van der Waals surface area contributed by atoms with E-state index in [0.717, 1.165) is 0 Å². The van der Waals surface area contributed by atoms with Crippen molar-refractivity contribution in [1.82, 2.24) is 0 Å². The number of aliphatic hydroxyl groups is 5. The van der Waals surface area contributed by atoms with Crippen LogP contribution in [0.3, 0.4) is 0 Å². The van der Waals surface area contributed by atoms with E-state index in [1.54, 1.807) is 0 Å². The minimum absolute atomic E-state index is 0.205. The quantitative estimate of drug-likeness (QED) is 0.335. The number of carbonyl (C=O) groups is 1. The Kier molecular flexibility index (Phi) is 5.82. The third-order valence-electron chi connectivity index (χ3n) is 5.08. The molecule has 0 aromatic rings. The first kappa shape index (κ1) is 19.5. The largest absolute Gasteiger partial charge is 0.471 e. The van der Waals surface area contributed by atoms with Gasteiger partial charge in [-0.2, -0.15) is 0 Å². The summed E-state index contributed by atoms with van der Waals surface area (Å²) < 4.78 is 21.3. The van der Waals surface area contributed by atoms with Gasteiger partial charge in [0.2, 0.25) is 6.29 Å². The average Bonchev–Trinajstić information content (AvgIpc) is 2.61. The molecule has 148 valence electrons. The summed E-state index contributed by atoms with van der Waals surface area (Å²) >= 11 is 0. The number of ether oxygens (including phenoxy) is 4.